The van der Waals surface area contributed by atoms with Crippen molar-refractivity contribution in [1.82, 2.24) is 19.6 Å². The van der Waals surface area contributed by atoms with E-state index in [9.17, 15) is 0 Å². The van der Waals surface area contributed by atoms with Gasteiger partial charge in [0.25, 0.3) is 0 Å². The molecular weight excluding hydrogens is 214 g/mol. The molecule has 0 fully saturated rings. The lowest BCUT2D eigenvalue weighted by molar-refractivity contribution is 0.387. The van der Waals surface area contributed by atoms with Crippen molar-refractivity contribution in [2.45, 2.75) is 6.04 Å². The maximum absolute atomic E-state index is 5.99. The van der Waals surface area contributed by atoms with Gasteiger partial charge in [0.1, 0.15) is 5.69 Å². The molecule has 2 heterocycles. The Morgan fingerprint density at radius 1 is 1.40 bits per heavy atom. The largest absolute Gasteiger partial charge is 0.480 e. The van der Waals surface area contributed by atoms with Crippen LogP contribution < -0.4 is 10.5 Å². The zero-order valence-corrected chi connectivity index (χ0v) is 8.81. The van der Waals surface area contributed by atoms with Gasteiger partial charge in [0.2, 0.25) is 5.88 Å². The fourth-order valence-corrected chi connectivity index (χ4v) is 1.66. The minimum atomic E-state index is -0.395. The van der Waals surface area contributed by atoms with Crippen LogP contribution >= 0.6 is 11.5 Å². The number of rotatable bonds is 3. The van der Waals surface area contributed by atoms with Crippen molar-refractivity contribution < 1.29 is 4.74 Å². The highest BCUT2D eigenvalue weighted by molar-refractivity contribution is 7.05. The van der Waals surface area contributed by atoms with Gasteiger partial charge in [0.15, 0.2) is 0 Å². The molecule has 0 spiro atoms. The van der Waals surface area contributed by atoms with Crippen LogP contribution in [-0.2, 0) is 0 Å². The van der Waals surface area contributed by atoms with E-state index in [-0.39, 0.29) is 0 Å². The Balaban J connectivity index is 2.37. The van der Waals surface area contributed by atoms with Gasteiger partial charge < -0.3 is 10.5 Å². The fourth-order valence-electron chi connectivity index (χ4n) is 1.15. The molecule has 0 bridgehead atoms. The van der Waals surface area contributed by atoms with Gasteiger partial charge in [-0.3, -0.25) is 4.98 Å². The lowest BCUT2D eigenvalue weighted by Crippen LogP contribution is -2.14. The first kappa shape index (κ1) is 9.94. The molecule has 2 aromatic heterocycles. The molecular formula is C8H9N5OS. The van der Waals surface area contributed by atoms with Crippen molar-refractivity contribution >= 4 is 11.5 Å². The van der Waals surface area contributed by atoms with Crippen molar-refractivity contribution in [2.75, 3.05) is 7.11 Å². The summed E-state index contributed by atoms with van der Waals surface area (Å²) in [5, 5.41) is 3.72. The van der Waals surface area contributed by atoms with Gasteiger partial charge >= 0.3 is 0 Å². The van der Waals surface area contributed by atoms with Crippen LogP contribution in [0, 0.1) is 0 Å². The van der Waals surface area contributed by atoms with Crippen molar-refractivity contribution in [1.29, 1.82) is 0 Å². The number of nitrogens with two attached hydrogens (primary N) is 1. The first-order valence-corrected chi connectivity index (χ1v) is 4.98. The number of hydrogen-bond acceptors (Lipinski definition) is 7. The SMILES string of the molecule is COc1nccnc1C(N)c1cnns1. The zero-order valence-electron chi connectivity index (χ0n) is 7.99. The quantitative estimate of drug-likeness (QED) is 0.809. The molecule has 0 saturated carbocycles. The highest BCUT2D eigenvalue weighted by Gasteiger charge is 2.18. The normalized spacial score (nSPS) is 12.4. The maximum Gasteiger partial charge on any atom is 0.237 e. The molecule has 2 aromatic rings. The molecule has 0 aliphatic carbocycles. The predicted octanol–water partition coefficient (Wildman–Crippen LogP) is 0.385. The summed E-state index contributed by atoms with van der Waals surface area (Å²) in [5.41, 5.74) is 6.57. The van der Waals surface area contributed by atoms with E-state index in [0.29, 0.717) is 11.6 Å². The first-order valence-electron chi connectivity index (χ1n) is 4.20. The van der Waals surface area contributed by atoms with Gasteiger partial charge in [-0.05, 0) is 11.5 Å². The molecule has 0 aliphatic rings. The zero-order chi connectivity index (χ0) is 10.7. The molecule has 78 valence electrons. The number of aromatic nitrogens is 4. The predicted molar refractivity (Wildman–Crippen MR) is 54.5 cm³/mol. The Labute approximate surface area is 90.3 Å². The summed E-state index contributed by atoms with van der Waals surface area (Å²) in [6.07, 6.45) is 4.75. The van der Waals surface area contributed by atoms with E-state index in [4.69, 9.17) is 10.5 Å². The van der Waals surface area contributed by atoms with Crippen LogP contribution in [-0.4, -0.2) is 26.7 Å². The average molecular weight is 223 g/mol. The van der Waals surface area contributed by atoms with Gasteiger partial charge in [0, 0.05) is 12.4 Å². The lowest BCUT2D eigenvalue weighted by atomic mass is 10.2. The molecule has 7 heteroatoms. The topological polar surface area (TPSA) is 86.8 Å². The highest BCUT2D eigenvalue weighted by atomic mass is 32.1. The molecule has 1 atom stereocenters. The van der Waals surface area contributed by atoms with E-state index in [2.05, 4.69) is 19.6 Å². The first-order chi connectivity index (χ1) is 7.33. The number of hydrogen-bond donors (Lipinski definition) is 1. The van der Waals surface area contributed by atoms with E-state index in [0.717, 1.165) is 4.88 Å². The van der Waals surface area contributed by atoms with Gasteiger partial charge in [-0.25, -0.2) is 4.98 Å². The Hall–Kier alpha value is -1.60. The van der Waals surface area contributed by atoms with E-state index in [1.807, 2.05) is 0 Å². The van der Waals surface area contributed by atoms with Crippen molar-refractivity contribution in [3.63, 3.8) is 0 Å². The van der Waals surface area contributed by atoms with Crippen LogP contribution in [0.25, 0.3) is 0 Å². The van der Waals surface area contributed by atoms with Crippen molar-refractivity contribution in [3.8, 4) is 5.88 Å². The Kier molecular flexibility index (Phi) is 2.84. The molecule has 6 nitrogen and oxygen atoms in total. The Bertz CT molecular complexity index is 432. The second-order valence-electron chi connectivity index (χ2n) is 2.75. The standard InChI is InChI=1S/C8H9N5OS/c1-14-8-7(10-2-3-11-8)6(9)5-4-12-13-15-5/h2-4,6H,9H2,1H3. The third-order valence-corrected chi connectivity index (χ3v) is 2.61. The average Bonchev–Trinajstić information content (AvgIpc) is 2.81. The molecule has 0 aromatic carbocycles. The van der Waals surface area contributed by atoms with Crippen LogP contribution in [0.3, 0.4) is 0 Å². The molecule has 0 amide bonds. The van der Waals surface area contributed by atoms with Crippen LogP contribution in [0.5, 0.6) is 5.88 Å². The number of nitrogens with zero attached hydrogens (tertiary/aromatic N) is 4. The minimum absolute atomic E-state index is 0.395. The van der Waals surface area contributed by atoms with Gasteiger partial charge in [0.05, 0.1) is 24.2 Å². The molecule has 0 aliphatic heterocycles. The highest BCUT2D eigenvalue weighted by Crippen LogP contribution is 2.24. The number of methoxy groups -OCH3 is 1. The smallest absolute Gasteiger partial charge is 0.237 e. The van der Waals surface area contributed by atoms with Gasteiger partial charge in [-0.1, -0.05) is 4.49 Å². The molecule has 2 N–H and O–H groups in total. The molecule has 1 unspecified atom stereocenters. The second kappa shape index (κ2) is 4.28. The van der Waals surface area contributed by atoms with E-state index >= 15 is 0 Å². The molecule has 0 saturated heterocycles. The molecule has 2 rings (SSSR count). The summed E-state index contributed by atoms with van der Waals surface area (Å²) < 4.78 is 8.82. The summed E-state index contributed by atoms with van der Waals surface area (Å²) in [7, 11) is 1.53. The summed E-state index contributed by atoms with van der Waals surface area (Å²) in [6.45, 7) is 0. The van der Waals surface area contributed by atoms with E-state index in [1.54, 1.807) is 18.6 Å². The van der Waals surface area contributed by atoms with Crippen molar-refractivity contribution in [2.24, 2.45) is 5.73 Å². The van der Waals surface area contributed by atoms with E-state index < -0.39 is 6.04 Å². The summed E-state index contributed by atoms with van der Waals surface area (Å²) in [4.78, 5) is 9.00. The van der Waals surface area contributed by atoms with Gasteiger partial charge in [-0.2, -0.15) is 0 Å². The van der Waals surface area contributed by atoms with Gasteiger partial charge in [-0.15, -0.1) is 5.10 Å². The van der Waals surface area contributed by atoms with Crippen LogP contribution in [0.2, 0.25) is 0 Å². The fraction of sp³-hybridized carbons (Fsp3) is 0.250. The Morgan fingerprint density at radius 2 is 2.20 bits per heavy atom. The third kappa shape index (κ3) is 1.92. The monoisotopic (exact) mass is 223 g/mol. The third-order valence-electron chi connectivity index (χ3n) is 1.86. The van der Waals surface area contributed by atoms with Crippen LogP contribution in [0.4, 0.5) is 0 Å². The van der Waals surface area contributed by atoms with Crippen LogP contribution in [0.1, 0.15) is 16.6 Å². The Morgan fingerprint density at radius 3 is 2.87 bits per heavy atom. The number of ether oxygens (including phenoxy) is 1. The van der Waals surface area contributed by atoms with Crippen LogP contribution in [0.15, 0.2) is 18.6 Å². The van der Waals surface area contributed by atoms with Crippen molar-refractivity contribution in [3.05, 3.63) is 29.2 Å². The molecule has 15 heavy (non-hydrogen) atoms. The summed E-state index contributed by atoms with van der Waals surface area (Å²) >= 11 is 1.24. The lowest BCUT2D eigenvalue weighted by Gasteiger charge is -2.10. The summed E-state index contributed by atoms with van der Waals surface area (Å²) in [6, 6.07) is -0.395. The maximum atomic E-state index is 5.99. The van der Waals surface area contributed by atoms with E-state index in [1.165, 1.54) is 18.6 Å². The second-order valence-corrected chi connectivity index (χ2v) is 3.57. The minimum Gasteiger partial charge on any atom is -0.480 e. The molecule has 0 radical (unpaired) electrons. The summed E-state index contributed by atoms with van der Waals surface area (Å²) in [5.74, 6) is 0.429.